The Morgan fingerprint density at radius 2 is 1.76 bits per heavy atom. The van der Waals surface area contributed by atoms with E-state index in [1.807, 2.05) is 18.2 Å². The lowest BCUT2D eigenvalue weighted by Crippen LogP contribution is -1.94. The summed E-state index contributed by atoms with van der Waals surface area (Å²) in [6.45, 7) is 2.07. The maximum absolute atomic E-state index is 9.17. The number of nitriles is 1. The van der Waals surface area contributed by atoms with Crippen LogP contribution in [0.5, 0.6) is 23.0 Å². The van der Waals surface area contributed by atoms with Gasteiger partial charge in [-0.15, -0.1) is 0 Å². The zero-order chi connectivity index (χ0) is 15.2. The van der Waals surface area contributed by atoms with Crippen LogP contribution < -0.4 is 14.2 Å². The number of aryl methyl sites for hydroxylation is 1. The van der Waals surface area contributed by atoms with Crippen molar-refractivity contribution in [3.63, 3.8) is 0 Å². The van der Waals surface area contributed by atoms with Gasteiger partial charge in [0.25, 0.3) is 0 Å². The van der Waals surface area contributed by atoms with E-state index < -0.39 is 0 Å². The lowest BCUT2D eigenvalue weighted by Gasteiger charge is -2.13. The van der Waals surface area contributed by atoms with Crippen molar-refractivity contribution in [3.8, 4) is 29.1 Å². The molecule has 21 heavy (non-hydrogen) atoms. The van der Waals surface area contributed by atoms with Gasteiger partial charge >= 0.3 is 0 Å². The molecule has 4 nitrogen and oxygen atoms in total. The molecule has 0 heterocycles. The molecule has 0 amide bonds. The third kappa shape index (κ3) is 3.26. The monoisotopic (exact) mass is 283 g/mol. The van der Waals surface area contributed by atoms with Crippen LogP contribution >= 0.6 is 0 Å². The van der Waals surface area contributed by atoms with Gasteiger partial charge in [0.1, 0.15) is 17.6 Å². The first-order valence-electron chi connectivity index (χ1n) is 6.64. The van der Waals surface area contributed by atoms with Gasteiger partial charge in [-0.1, -0.05) is 13.0 Å². The molecule has 0 aliphatic carbocycles. The summed E-state index contributed by atoms with van der Waals surface area (Å²) in [5.74, 6) is 2.29. The maximum Gasteiger partial charge on any atom is 0.169 e. The Morgan fingerprint density at radius 3 is 2.38 bits per heavy atom. The molecule has 0 radical (unpaired) electrons. The van der Waals surface area contributed by atoms with Crippen molar-refractivity contribution >= 4 is 0 Å². The van der Waals surface area contributed by atoms with E-state index in [4.69, 9.17) is 19.5 Å². The number of ether oxygens (including phenoxy) is 3. The molecule has 0 aliphatic heterocycles. The summed E-state index contributed by atoms with van der Waals surface area (Å²) in [6, 6.07) is 12.9. The molecule has 0 aliphatic rings. The fourth-order valence-electron chi connectivity index (χ4n) is 1.94. The van der Waals surface area contributed by atoms with Crippen molar-refractivity contribution in [3.05, 3.63) is 47.5 Å². The molecule has 108 valence electrons. The Kier molecular flexibility index (Phi) is 4.68. The van der Waals surface area contributed by atoms with Crippen LogP contribution in [-0.4, -0.2) is 14.2 Å². The van der Waals surface area contributed by atoms with Gasteiger partial charge in [0, 0.05) is 6.07 Å². The van der Waals surface area contributed by atoms with E-state index in [0.717, 1.165) is 12.0 Å². The molecule has 2 aromatic rings. The van der Waals surface area contributed by atoms with Crippen LogP contribution in [0.3, 0.4) is 0 Å². The third-order valence-electron chi connectivity index (χ3n) is 3.17. The molecular weight excluding hydrogens is 266 g/mol. The van der Waals surface area contributed by atoms with Crippen LogP contribution in [0.4, 0.5) is 0 Å². The number of hydrogen-bond acceptors (Lipinski definition) is 4. The fraction of sp³-hybridized carbons (Fsp3) is 0.235. The van der Waals surface area contributed by atoms with Crippen LogP contribution in [-0.2, 0) is 6.42 Å². The number of rotatable bonds is 5. The molecule has 0 saturated carbocycles. The highest BCUT2D eigenvalue weighted by Crippen LogP contribution is 2.35. The summed E-state index contributed by atoms with van der Waals surface area (Å²) < 4.78 is 16.4. The molecular formula is C17H17NO3. The zero-order valence-corrected chi connectivity index (χ0v) is 12.3. The molecule has 0 unspecified atom stereocenters. The minimum atomic E-state index is 0.442. The van der Waals surface area contributed by atoms with Crippen molar-refractivity contribution in [1.82, 2.24) is 0 Å². The summed E-state index contributed by atoms with van der Waals surface area (Å²) in [4.78, 5) is 0. The van der Waals surface area contributed by atoms with Gasteiger partial charge in [-0.2, -0.15) is 5.26 Å². The summed E-state index contributed by atoms with van der Waals surface area (Å²) in [5.41, 5.74) is 1.60. The van der Waals surface area contributed by atoms with E-state index in [-0.39, 0.29) is 0 Å². The predicted molar refractivity (Wildman–Crippen MR) is 80.2 cm³/mol. The molecule has 0 N–H and O–H groups in total. The third-order valence-corrected chi connectivity index (χ3v) is 3.17. The van der Waals surface area contributed by atoms with Gasteiger partial charge in [-0.05, 0) is 36.2 Å². The average molecular weight is 283 g/mol. The molecule has 0 atom stereocenters. The normalized spacial score (nSPS) is 9.81. The van der Waals surface area contributed by atoms with Gasteiger partial charge in [-0.3, -0.25) is 0 Å². The Bertz CT molecular complexity index is 674. The van der Waals surface area contributed by atoms with Gasteiger partial charge < -0.3 is 14.2 Å². The molecule has 0 spiro atoms. The summed E-state index contributed by atoms with van der Waals surface area (Å²) in [7, 11) is 3.17. The quantitative estimate of drug-likeness (QED) is 0.834. The van der Waals surface area contributed by atoms with Crippen LogP contribution in [0.15, 0.2) is 36.4 Å². The Hall–Kier alpha value is -2.67. The molecule has 0 fully saturated rings. The van der Waals surface area contributed by atoms with E-state index in [2.05, 4.69) is 13.0 Å². The highest BCUT2D eigenvalue weighted by atomic mass is 16.5. The lowest BCUT2D eigenvalue weighted by atomic mass is 10.1. The Labute approximate surface area is 124 Å². The SMILES string of the molecule is CCc1ccc(Oc2cc(OC)ccc2C#N)c(OC)c1. The molecule has 0 aromatic heterocycles. The predicted octanol–water partition coefficient (Wildman–Crippen LogP) is 3.93. The van der Waals surface area contributed by atoms with Crippen molar-refractivity contribution < 1.29 is 14.2 Å². The molecule has 2 aromatic carbocycles. The Morgan fingerprint density at radius 1 is 0.952 bits per heavy atom. The van der Waals surface area contributed by atoms with E-state index in [1.165, 1.54) is 0 Å². The minimum Gasteiger partial charge on any atom is -0.497 e. The standard InChI is InChI=1S/C17H17NO3/c1-4-12-5-8-15(17(9-12)20-3)21-16-10-14(19-2)7-6-13(16)11-18/h5-10H,4H2,1-3H3. The van der Waals surface area contributed by atoms with Gasteiger partial charge in [0.05, 0.1) is 19.8 Å². The maximum atomic E-state index is 9.17. The lowest BCUT2D eigenvalue weighted by molar-refractivity contribution is 0.375. The summed E-state index contributed by atoms with van der Waals surface area (Å²) >= 11 is 0. The van der Waals surface area contributed by atoms with Gasteiger partial charge in [-0.25, -0.2) is 0 Å². The highest BCUT2D eigenvalue weighted by molar-refractivity contribution is 5.52. The van der Waals surface area contributed by atoms with Crippen LogP contribution in [0.2, 0.25) is 0 Å². The summed E-state index contributed by atoms with van der Waals surface area (Å²) in [6.07, 6.45) is 0.916. The van der Waals surface area contributed by atoms with Gasteiger partial charge in [0.15, 0.2) is 11.5 Å². The van der Waals surface area contributed by atoms with Gasteiger partial charge in [0.2, 0.25) is 0 Å². The van der Waals surface area contributed by atoms with Crippen LogP contribution in [0.1, 0.15) is 18.1 Å². The molecule has 2 rings (SSSR count). The first-order valence-corrected chi connectivity index (χ1v) is 6.64. The van der Waals surface area contributed by atoms with Crippen molar-refractivity contribution in [2.24, 2.45) is 0 Å². The number of hydrogen-bond donors (Lipinski definition) is 0. The minimum absolute atomic E-state index is 0.442. The van der Waals surface area contributed by atoms with Crippen LogP contribution in [0, 0.1) is 11.3 Å². The van der Waals surface area contributed by atoms with E-state index >= 15 is 0 Å². The van der Waals surface area contributed by atoms with Crippen molar-refractivity contribution in [2.75, 3.05) is 14.2 Å². The number of nitrogens with zero attached hydrogens (tertiary/aromatic N) is 1. The average Bonchev–Trinajstić information content (AvgIpc) is 2.55. The molecule has 0 saturated heterocycles. The second-order valence-corrected chi connectivity index (χ2v) is 4.41. The number of methoxy groups -OCH3 is 2. The number of benzene rings is 2. The first kappa shape index (κ1) is 14.7. The first-order chi connectivity index (χ1) is 10.2. The highest BCUT2D eigenvalue weighted by Gasteiger charge is 2.11. The summed E-state index contributed by atoms with van der Waals surface area (Å²) in [5, 5.41) is 9.17. The van der Waals surface area contributed by atoms with E-state index in [1.54, 1.807) is 32.4 Å². The van der Waals surface area contributed by atoms with E-state index in [0.29, 0.717) is 28.6 Å². The van der Waals surface area contributed by atoms with E-state index in [9.17, 15) is 0 Å². The molecule has 4 heteroatoms. The second kappa shape index (κ2) is 6.67. The van der Waals surface area contributed by atoms with Crippen LogP contribution in [0.25, 0.3) is 0 Å². The topological polar surface area (TPSA) is 51.5 Å². The Balaban J connectivity index is 2.40. The van der Waals surface area contributed by atoms with Crippen molar-refractivity contribution in [2.45, 2.75) is 13.3 Å². The van der Waals surface area contributed by atoms with Crippen molar-refractivity contribution in [1.29, 1.82) is 5.26 Å². The largest absolute Gasteiger partial charge is 0.497 e. The fourth-order valence-corrected chi connectivity index (χ4v) is 1.94. The second-order valence-electron chi connectivity index (χ2n) is 4.41. The zero-order valence-electron chi connectivity index (χ0n) is 12.3. The molecule has 0 bridgehead atoms. The smallest absolute Gasteiger partial charge is 0.169 e.